The number of esters is 1. The molecule has 0 bridgehead atoms. The van der Waals surface area contributed by atoms with Gasteiger partial charge in [-0.15, -0.1) is 12.4 Å². The zero-order valence-corrected chi connectivity index (χ0v) is 23.8. The number of ether oxygens (including phenoxy) is 1. The monoisotopic (exact) mass is 605 g/mol. The molecule has 1 amide bonds. The maximum Gasteiger partial charge on any atom is 0.416 e. The van der Waals surface area contributed by atoms with Crippen LogP contribution in [0.5, 0.6) is 0 Å². The maximum atomic E-state index is 13.1. The van der Waals surface area contributed by atoms with Crippen molar-refractivity contribution >= 4 is 34.3 Å². The van der Waals surface area contributed by atoms with Crippen LogP contribution in [0.3, 0.4) is 0 Å². The Morgan fingerprint density at radius 2 is 1.57 bits per heavy atom. The summed E-state index contributed by atoms with van der Waals surface area (Å²) in [6.07, 6.45) is -2.98. The number of benzene rings is 2. The number of hydrogen-bond acceptors (Lipinski definition) is 6. The first-order valence-electron chi connectivity index (χ1n) is 12.7. The average molecular weight is 606 g/mol. The van der Waals surface area contributed by atoms with E-state index in [0.717, 1.165) is 29.8 Å². The van der Waals surface area contributed by atoms with E-state index >= 15 is 0 Å². The SMILES string of the molecule is CC(C)[C@H](N)C(=O)OC[C@@H](NC(=O)C1CCC(NS(=O)(=O)c2ccc(C(F)(F)F)cc2)CC1)c1ccccc1.Cl. The minimum Gasteiger partial charge on any atom is -0.462 e. The quantitative estimate of drug-likeness (QED) is 0.346. The van der Waals surface area contributed by atoms with Gasteiger partial charge in [-0.25, -0.2) is 13.1 Å². The molecule has 0 aromatic heterocycles. The molecule has 4 N–H and O–H groups in total. The highest BCUT2D eigenvalue weighted by Crippen LogP contribution is 2.30. The van der Waals surface area contributed by atoms with Crippen LogP contribution in [0.2, 0.25) is 0 Å². The molecule has 222 valence electrons. The molecule has 1 aliphatic carbocycles. The van der Waals surface area contributed by atoms with Crippen molar-refractivity contribution in [3.63, 3.8) is 0 Å². The number of amides is 1. The molecular formula is C27H35ClF3N3O5S. The van der Waals surface area contributed by atoms with E-state index < -0.39 is 45.9 Å². The van der Waals surface area contributed by atoms with Gasteiger partial charge >= 0.3 is 12.1 Å². The molecule has 40 heavy (non-hydrogen) atoms. The summed E-state index contributed by atoms with van der Waals surface area (Å²) >= 11 is 0. The molecule has 3 rings (SSSR count). The van der Waals surface area contributed by atoms with E-state index in [4.69, 9.17) is 10.5 Å². The van der Waals surface area contributed by atoms with Crippen LogP contribution in [0.1, 0.15) is 56.7 Å². The van der Waals surface area contributed by atoms with Crippen LogP contribution in [-0.2, 0) is 30.5 Å². The van der Waals surface area contributed by atoms with Gasteiger partial charge in [0.2, 0.25) is 15.9 Å². The lowest BCUT2D eigenvalue weighted by molar-refractivity contribution is -0.148. The summed E-state index contributed by atoms with van der Waals surface area (Å²) < 4.78 is 71.6. The molecule has 0 unspecified atom stereocenters. The van der Waals surface area contributed by atoms with Gasteiger partial charge in [0.05, 0.1) is 16.5 Å². The minimum atomic E-state index is -4.56. The molecule has 2 atom stereocenters. The van der Waals surface area contributed by atoms with Crippen molar-refractivity contribution in [2.75, 3.05) is 6.61 Å². The number of nitrogens with one attached hydrogen (secondary N) is 2. The van der Waals surface area contributed by atoms with Gasteiger partial charge in [-0.3, -0.25) is 9.59 Å². The van der Waals surface area contributed by atoms with E-state index in [1.165, 1.54) is 0 Å². The van der Waals surface area contributed by atoms with Crippen LogP contribution in [-0.4, -0.2) is 39.0 Å². The number of alkyl halides is 3. The van der Waals surface area contributed by atoms with Gasteiger partial charge in [0.25, 0.3) is 0 Å². The molecule has 2 aromatic rings. The number of halogens is 4. The highest BCUT2D eigenvalue weighted by Gasteiger charge is 2.33. The van der Waals surface area contributed by atoms with Gasteiger partial charge in [-0.2, -0.15) is 13.2 Å². The zero-order valence-electron chi connectivity index (χ0n) is 22.2. The first-order valence-corrected chi connectivity index (χ1v) is 14.2. The van der Waals surface area contributed by atoms with E-state index in [2.05, 4.69) is 10.0 Å². The number of hydrogen-bond donors (Lipinski definition) is 3. The minimum absolute atomic E-state index is 0. The molecule has 1 aliphatic rings. The van der Waals surface area contributed by atoms with Crippen LogP contribution in [0.15, 0.2) is 59.5 Å². The zero-order chi connectivity index (χ0) is 28.8. The number of nitrogens with two attached hydrogens (primary N) is 1. The summed E-state index contributed by atoms with van der Waals surface area (Å²) in [5.74, 6) is -1.27. The second kappa shape index (κ2) is 14.3. The Kier molecular flexibility index (Phi) is 12.0. The summed E-state index contributed by atoms with van der Waals surface area (Å²) in [6.45, 7) is 3.53. The van der Waals surface area contributed by atoms with Gasteiger partial charge < -0.3 is 15.8 Å². The number of sulfonamides is 1. The van der Waals surface area contributed by atoms with E-state index in [9.17, 15) is 31.2 Å². The summed E-state index contributed by atoms with van der Waals surface area (Å²) in [5, 5.41) is 2.95. The Morgan fingerprint density at radius 1 is 1.00 bits per heavy atom. The van der Waals surface area contributed by atoms with Crippen LogP contribution in [0, 0.1) is 11.8 Å². The molecule has 0 aliphatic heterocycles. The molecule has 0 saturated heterocycles. The third-order valence-electron chi connectivity index (χ3n) is 6.81. The predicted octanol–water partition coefficient (Wildman–Crippen LogP) is 4.35. The van der Waals surface area contributed by atoms with Crippen LogP contribution in [0.25, 0.3) is 0 Å². The average Bonchev–Trinajstić information content (AvgIpc) is 2.90. The standard InChI is InChI=1S/C27H34F3N3O5S.ClH/c1-17(2)24(31)26(35)38-16-23(18-6-4-3-5-7-18)32-25(34)19-8-12-21(13-9-19)33-39(36,37)22-14-10-20(11-15-22)27(28,29)30;/h3-7,10-11,14-15,17,19,21,23-24,33H,8-9,12-13,16,31H2,1-2H3,(H,32,34);1H/t19?,21?,23-,24+;/m1./s1. The largest absolute Gasteiger partial charge is 0.462 e. The lowest BCUT2D eigenvalue weighted by Gasteiger charge is -2.30. The number of rotatable bonds is 10. The Balaban J connectivity index is 0.00000560. The van der Waals surface area contributed by atoms with Crippen molar-refractivity contribution in [2.45, 2.75) is 68.7 Å². The molecule has 2 aromatic carbocycles. The molecule has 13 heteroatoms. The van der Waals surface area contributed by atoms with Gasteiger partial charge in [0, 0.05) is 12.0 Å². The van der Waals surface area contributed by atoms with Crippen molar-refractivity contribution in [1.82, 2.24) is 10.0 Å². The summed E-state index contributed by atoms with van der Waals surface area (Å²) in [7, 11) is -4.02. The first-order chi connectivity index (χ1) is 18.3. The first kappa shape index (κ1) is 33.5. The Labute approximate surface area is 238 Å². The number of carbonyl (C=O) groups excluding carboxylic acids is 2. The fourth-order valence-corrected chi connectivity index (χ4v) is 5.62. The van der Waals surface area contributed by atoms with Crippen molar-refractivity contribution in [2.24, 2.45) is 17.6 Å². The molecule has 0 heterocycles. The number of carbonyl (C=O) groups is 2. The second-order valence-electron chi connectivity index (χ2n) is 10.1. The van der Waals surface area contributed by atoms with Gasteiger partial charge in [-0.1, -0.05) is 44.2 Å². The maximum absolute atomic E-state index is 13.1. The molecular weight excluding hydrogens is 571 g/mol. The summed E-state index contributed by atoms with van der Waals surface area (Å²) in [4.78, 5) is 25.1. The molecule has 0 radical (unpaired) electrons. The lowest BCUT2D eigenvalue weighted by atomic mass is 9.85. The highest BCUT2D eigenvalue weighted by molar-refractivity contribution is 7.89. The fraction of sp³-hybridized carbons (Fsp3) is 0.481. The molecule has 8 nitrogen and oxygen atoms in total. The fourth-order valence-electron chi connectivity index (χ4n) is 4.31. The van der Waals surface area contributed by atoms with Crippen LogP contribution in [0.4, 0.5) is 13.2 Å². The van der Waals surface area contributed by atoms with Gasteiger partial charge in [0.1, 0.15) is 12.6 Å². The molecule has 1 saturated carbocycles. The second-order valence-corrected chi connectivity index (χ2v) is 11.8. The van der Waals surface area contributed by atoms with Crippen molar-refractivity contribution in [1.29, 1.82) is 0 Å². The lowest BCUT2D eigenvalue weighted by Crippen LogP contribution is -2.43. The van der Waals surface area contributed by atoms with Crippen molar-refractivity contribution in [3.8, 4) is 0 Å². The van der Waals surface area contributed by atoms with E-state index in [1.807, 2.05) is 44.2 Å². The van der Waals surface area contributed by atoms with E-state index in [-0.39, 0.29) is 41.7 Å². The normalized spacial score (nSPS) is 19.3. The van der Waals surface area contributed by atoms with E-state index in [1.54, 1.807) is 0 Å². The van der Waals surface area contributed by atoms with Crippen molar-refractivity contribution < 1.29 is 35.9 Å². The Bertz CT molecular complexity index is 1220. The summed E-state index contributed by atoms with van der Waals surface area (Å²) in [5.41, 5.74) is 5.69. The van der Waals surface area contributed by atoms with Gasteiger partial charge in [-0.05, 0) is 61.4 Å². The topological polar surface area (TPSA) is 128 Å². The molecule has 0 spiro atoms. The third-order valence-corrected chi connectivity index (χ3v) is 8.35. The Morgan fingerprint density at radius 3 is 2.10 bits per heavy atom. The van der Waals surface area contributed by atoms with E-state index in [0.29, 0.717) is 25.7 Å². The summed E-state index contributed by atoms with van der Waals surface area (Å²) in [6, 6.07) is 10.6. The highest BCUT2D eigenvalue weighted by atomic mass is 35.5. The predicted molar refractivity (Wildman–Crippen MR) is 146 cm³/mol. The van der Waals surface area contributed by atoms with Gasteiger partial charge in [0.15, 0.2) is 0 Å². The third kappa shape index (κ3) is 9.18. The van der Waals surface area contributed by atoms with Crippen LogP contribution >= 0.6 is 12.4 Å². The molecule has 1 fully saturated rings. The Hall–Kier alpha value is -2.67. The van der Waals surface area contributed by atoms with Crippen molar-refractivity contribution in [3.05, 3.63) is 65.7 Å². The van der Waals surface area contributed by atoms with Crippen LogP contribution < -0.4 is 15.8 Å². The smallest absolute Gasteiger partial charge is 0.416 e.